The average Bonchev–Trinajstić information content (AvgIpc) is 2.96. The van der Waals surface area contributed by atoms with E-state index in [1.54, 1.807) is 11.2 Å². The molecule has 1 aliphatic carbocycles. The van der Waals surface area contributed by atoms with E-state index in [0.29, 0.717) is 18.3 Å². The van der Waals surface area contributed by atoms with Crippen LogP contribution in [0.25, 0.3) is 0 Å². The van der Waals surface area contributed by atoms with Crippen molar-refractivity contribution in [3.05, 3.63) is 12.0 Å². The summed E-state index contributed by atoms with van der Waals surface area (Å²) in [4.78, 5) is 6.86. The molecule has 0 unspecified atom stereocenters. The van der Waals surface area contributed by atoms with Gasteiger partial charge in [0.05, 0.1) is 6.20 Å². The Morgan fingerprint density at radius 1 is 1.42 bits per heavy atom. The van der Waals surface area contributed by atoms with Crippen molar-refractivity contribution in [3.8, 4) is 0 Å². The van der Waals surface area contributed by atoms with Crippen molar-refractivity contribution in [3.63, 3.8) is 0 Å². The number of hydrogen-bond acceptors (Lipinski definition) is 3. The molecule has 0 atom stereocenters. The van der Waals surface area contributed by atoms with Crippen LogP contribution in [0.1, 0.15) is 45.4 Å². The molecule has 19 heavy (non-hydrogen) atoms. The molecule has 0 amide bonds. The molecule has 1 aromatic rings. The standard InChI is InChI=1S/C13H23N3O2S/c1-10(2)9-16(12-6-4-5-7-12)19(17,18)13-8-14-11(3)15-13/h8,10,12H,4-7,9H2,1-3H3,(H,14,15). The molecule has 0 bridgehead atoms. The van der Waals surface area contributed by atoms with Gasteiger partial charge in [-0.25, -0.2) is 13.4 Å². The third-order valence-electron chi connectivity index (χ3n) is 3.54. The minimum absolute atomic E-state index is 0.149. The molecular weight excluding hydrogens is 262 g/mol. The molecule has 1 aromatic heterocycles. The maximum atomic E-state index is 12.7. The van der Waals surface area contributed by atoms with Crippen molar-refractivity contribution in [2.45, 2.75) is 57.5 Å². The van der Waals surface area contributed by atoms with Gasteiger partial charge in [0.2, 0.25) is 0 Å². The summed E-state index contributed by atoms with van der Waals surface area (Å²) in [5, 5.41) is 0.220. The highest BCUT2D eigenvalue weighted by Gasteiger charge is 2.34. The van der Waals surface area contributed by atoms with Gasteiger partial charge in [-0.2, -0.15) is 4.31 Å². The molecule has 1 saturated carbocycles. The summed E-state index contributed by atoms with van der Waals surface area (Å²) >= 11 is 0. The van der Waals surface area contributed by atoms with Crippen molar-refractivity contribution < 1.29 is 8.42 Å². The largest absolute Gasteiger partial charge is 0.332 e. The maximum Gasteiger partial charge on any atom is 0.260 e. The monoisotopic (exact) mass is 285 g/mol. The van der Waals surface area contributed by atoms with Crippen molar-refractivity contribution >= 4 is 10.0 Å². The number of aromatic amines is 1. The van der Waals surface area contributed by atoms with E-state index in [9.17, 15) is 8.42 Å². The van der Waals surface area contributed by atoms with Gasteiger partial charge in [0.1, 0.15) is 5.82 Å². The minimum atomic E-state index is -3.44. The SMILES string of the molecule is Cc1ncc(S(=O)(=O)N(CC(C)C)C2CCCC2)[nH]1. The van der Waals surface area contributed by atoms with E-state index >= 15 is 0 Å². The summed E-state index contributed by atoms with van der Waals surface area (Å²) in [5.41, 5.74) is 0. The lowest BCUT2D eigenvalue weighted by atomic mass is 10.2. The second-order valence-corrected chi connectivity index (χ2v) is 7.60. The molecule has 0 aromatic carbocycles. The van der Waals surface area contributed by atoms with E-state index in [2.05, 4.69) is 23.8 Å². The second-order valence-electron chi connectivity index (χ2n) is 5.74. The first-order valence-corrected chi connectivity index (χ1v) is 8.38. The number of aryl methyl sites for hydroxylation is 1. The molecule has 1 aliphatic rings. The van der Waals surface area contributed by atoms with Gasteiger partial charge in [-0.15, -0.1) is 0 Å². The summed E-state index contributed by atoms with van der Waals surface area (Å²) in [6.07, 6.45) is 5.61. The highest BCUT2D eigenvalue weighted by molar-refractivity contribution is 7.89. The molecule has 1 heterocycles. The Balaban J connectivity index is 2.30. The number of rotatable bonds is 5. The van der Waals surface area contributed by atoms with E-state index in [4.69, 9.17) is 0 Å². The zero-order valence-electron chi connectivity index (χ0n) is 11.9. The predicted octanol–water partition coefficient (Wildman–Crippen LogP) is 2.31. The first kappa shape index (κ1) is 14.5. The zero-order chi connectivity index (χ0) is 14.0. The Kier molecular flexibility index (Phi) is 4.30. The van der Waals surface area contributed by atoms with Crippen molar-refractivity contribution in [1.82, 2.24) is 14.3 Å². The summed E-state index contributed by atoms with van der Waals surface area (Å²) in [6, 6.07) is 0.149. The van der Waals surface area contributed by atoms with Crippen LogP contribution in [0.5, 0.6) is 0 Å². The summed E-state index contributed by atoms with van der Waals surface area (Å²) in [6.45, 7) is 6.44. The third kappa shape index (κ3) is 3.17. The fourth-order valence-corrected chi connectivity index (χ4v) is 4.46. The van der Waals surface area contributed by atoms with Crippen LogP contribution in [0.2, 0.25) is 0 Å². The van der Waals surface area contributed by atoms with Crippen molar-refractivity contribution in [2.24, 2.45) is 5.92 Å². The summed E-state index contributed by atoms with van der Waals surface area (Å²) < 4.78 is 27.1. The first-order chi connectivity index (χ1) is 8.91. The molecule has 108 valence electrons. The molecule has 0 aliphatic heterocycles. The van der Waals surface area contributed by atoms with Crippen LogP contribution in [-0.2, 0) is 10.0 Å². The molecule has 1 N–H and O–H groups in total. The van der Waals surface area contributed by atoms with Crippen LogP contribution in [0.3, 0.4) is 0 Å². The highest BCUT2D eigenvalue weighted by atomic mass is 32.2. The number of H-pyrrole nitrogens is 1. The van der Waals surface area contributed by atoms with Crippen LogP contribution in [0, 0.1) is 12.8 Å². The van der Waals surface area contributed by atoms with E-state index in [1.165, 1.54) is 6.20 Å². The van der Waals surface area contributed by atoms with Crippen molar-refractivity contribution in [1.29, 1.82) is 0 Å². The van der Waals surface area contributed by atoms with Crippen LogP contribution in [-0.4, -0.2) is 35.3 Å². The molecule has 2 rings (SSSR count). The van der Waals surface area contributed by atoms with Gasteiger partial charge in [0.15, 0.2) is 5.03 Å². The highest BCUT2D eigenvalue weighted by Crippen LogP contribution is 2.28. The lowest BCUT2D eigenvalue weighted by Gasteiger charge is -2.28. The van der Waals surface area contributed by atoms with Gasteiger partial charge in [0.25, 0.3) is 10.0 Å². The van der Waals surface area contributed by atoms with Gasteiger partial charge >= 0.3 is 0 Å². The number of nitrogens with one attached hydrogen (secondary N) is 1. The molecule has 0 radical (unpaired) electrons. The van der Waals surface area contributed by atoms with E-state index < -0.39 is 10.0 Å². The predicted molar refractivity (Wildman–Crippen MR) is 74.3 cm³/mol. The van der Waals surface area contributed by atoms with Crippen LogP contribution in [0.15, 0.2) is 11.2 Å². The van der Waals surface area contributed by atoms with Crippen LogP contribution < -0.4 is 0 Å². The number of aromatic nitrogens is 2. The molecule has 5 nitrogen and oxygen atoms in total. The second kappa shape index (κ2) is 5.63. The maximum absolute atomic E-state index is 12.7. The fraction of sp³-hybridized carbons (Fsp3) is 0.769. The lowest BCUT2D eigenvalue weighted by molar-refractivity contribution is 0.292. The Hall–Kier alpha value is -0.880. The Bertz CT molecular complexity index is 516. The summed E-state index contributed by atoms with van der Waals surface area (Å²) in [7, 11) is -3.44. The van der Waals surface area contributed by atoms with Gasteiger partial charge in [-0.3, -0.25) is 0 Å². The van der Waals surface area contributed by atoms with Gasteiger partial charge in [0, 0.05) is 12.6 Å². The van der Waals surface area contributed by atoms with E-state index in [0.717, 1.165) is 25.7 Å². The molecule has 6 heteroatoms. The third-order valence-corrected chi connectivity index (χ3v) is 5.37. The van der Waals surface area contributed by atoms with E-state index in [1.807, 2.05) is 0 Å². The van der Waals surface area contributed by atoms with Gasteiger partial charge in [-0.05, 0) is 25.7 Å². The fourth-order valence-electron chi connectivity index (χ4n) is 2.65. The average molecular weight is 285 g/mol. The Morgan fingerprint density at radius 2 is 2.05 bits per heavy atom. The van der Waals surface area contributed by atoms with Crippen molar-refractivity contribution in [2.75, 3.05) is 6.54 Å². The minimum Gasteiger partial charge on any atom is -0.332 e. The number of nitrogens with zero attached hydrogens (tertiary/aromatic N) is 2. The topological polar surface area (TPSA) is 66.1 Å². The van der Waals surface area contributed by atoms with Gasteiger partial charge in [-0.1, -0.05) is 26.7 Å². The molecular formula is C13H23N3O2S. The number of hydrogen-bond donors (Lipinski definition) is 1. The molecule has 0 saturated heterocycles. The summed E-state index contributed by atoms with van der Waals surface area (Å²) in [5.74, 6) is 0.953. The quantitative estimate of drug-likeness (QED) is 0.902. The molecule has 1 fully saturated rings. The Labute approximate surface area is 115 Å². The molecule has 0 spiro atoms. The number of sulfonamides is 1. The Morgan fingerprint density at radius 3 is 2.53 bits per heavy atom. The normalized spacial score (nSPS) is 17.7. The number of imidazole rings is 1. The van der Waals surface area contributed by atoms with Crippen LogP contribution >= 0.6 is 0 Å². The smallest absolute Gasteiger partial charge is 0.260 e. The van der Waals surface area contributed by atoms with E-state index in [-0.39, 0.29) is 11.1 Å². The van der Waals surface area contributed by atoms with Gasteiger partial charge < -0.3 is 4.98 Å². The van der Waals surface area contributed by atoms with Crippen LogP contribution in [0.4, 0.5) is 0 Å². The zero-order valence-corrected chi connectivity index (χ0v) is 12.7. The lowest BCUT2D eigenvalue weighted by Crippen LogP contribution is -2.41. The first-order valence-electron chi connectivity index (χ1n) is 6.94.